The van der Waals surface area contributed by atoms with Gasteiger partial charge >= 0.3 is 5.97 Å². The Morgan fingerprint density at radius 3 is 2.31 bits per heavy atom. The van der Waals surface area contributed by atoms with Crippen LogP contribution in [0.3, 0.4) is 0 Å². The van der Waals surface area contributed by atoms with Crippen molar-refractivity contribution in [2.24, 2.45) is 5.92 Å². The minimum absolute atomic E-state index is 0.289. The summed E-state index contributed by atoms with van der Waals surface area (Å²) in [5.74, 6) is 0.404. The van der Waals surface area contributed by atoms with E-state index in [0.29, 0.717) is 30.6 Å². The van der Waals surface area contributed by atoms with Gasteiger partial charge in [0.05, 0.1) is 19.3 Å². The zero-order chi connectivity index (χ0) is 21.4. The van der Waals surface area contributed by atoms with Crippen LogP contribution in [0.25, 0.3) is 0 Å². The third-order valence-corrected chi connectivity index (χ3v) is 4.21. The first-order chi connectivity index (χ1) is 13.8. The van der Waals surface area contributed by atoms with Crippen LogP contribution in [0.5, 0.6) is 11.5 Å². The van der Waals surface area contributed by atoms with Crippen LogP contribution in [0.15, 0.2) is 42.5 Å². The number of rotatable bonds is 9. The fraction of sp³-hybridized carbons (Fsp3) is 0.391. The maximum atomic E-state index is 12.4. The van der Waals surface area contributed by atoms with Crippen LogP contribution in [0, 0.1) is 12.8 Å². The molecule has 0 unspecified atom stereocenters. The van der Waals surface area contributed by atoms with Gasteiger partial charge in [0.15, 0.2) is 17.6 Å². The highest BCUT2D eigenvalue weighted by Gasteiger charge is 2.20. The molecule has 1 amide bonds. The molecule has 0 radical (unpaired) electrons. The average Bonchev–Trinajstić information content (AvgIpc) is 2.71. The first-order valence-electron chi connectivity index (χ1n) is 9.65. The van der Waals surface area contributed by atoms with E-state index < -0.39 is 12.1 Å². The molecule has 2 aromatic carbocycles. The normalized spacial score (nSPS) is 11.7. The fourth-order valence-electron chi connectivity index (χ4n) is 2.49. The number of nitrogens with one attached hydrogen (secondary N) is 1. The first kappa shape index (κ1) is 22.3. The Morgan fingerprint density at radius 1 is 1.00 bits per heavy atom. The predicted octanol–water partition coefficient (Wildman–Crippen LogP) is 3.90. The Hall–Kier alpha value is -3.02. The van der Waals surface area contributed by atoms with E-state index in [4.69, 9.17) is 14.2 Å². The predicted molar refractivity (Wildman–Crippen MR) is 111 cm³/mol. The molecule has 0 saturated carbocycles. The van der Waals surface area contributed by atoms with Crippen molar-refractivity contribution in [2.45, 2.75) is 40.3 Å². The minimum Gasteiger partial charge on any atom is -0.493 e. The average molecular weight is 399 g/mol. The summed E-state index contributed by atoms with van der Waals surface area (Å²) in [4.78, 5) is 24.7. The van der Waals surface area contributed by atoms with E-state index in [1.807, 2.05) is 45.0 Å². The molecular formula is C23H29NO5. The number of hydrogen-bond acceptors (Lipinski definition) is 5. The van der Waals surface area contributed by atoms with Crippen molar-refractivity contribution >= 4 is 11.9 Å². The van der Waals surface area contributed by atoms with Crippen LogP contribution in [0.2, 0.25) is 0 Å². The van der Waals surface area contributed by atoms with E-state index in [1.165, 1.54) is 7.11 Å². The lowest BCUT2D eigenvalue weighted by Gasteiger charge is -2.15. The quantitative estimate of drug-likeness (QED) is 0.648. The van der Waals surface area contributed by atoms with E-state index in [1.54, 1.807) is 25.1 Å². The van der Waals surface area contributed by atoms with E-state index >= 15 is 0 Å². The summed E-state index contributed by atoms with van der Waals surface area (Å²) in [7, 11) is 1.51. The lowest BCUT2D eigenvalue weighted by Crippen LogP contribution is -2.35. The Balaban J connectivity index is 1.93. The van der Waals surface area contributed by atoms with Crippen molar-refractivity contribution < 1.29 is 23.8 Å². The molecule has 0 aromatic heterocycles. The summed E-state index contributed by atoms with van der Waals surface area (Å²) < 4.78 is 16.3. The molecule has 0 spiro atoms. The molecule has 1 N–H and O–H groups in total. The van der Waals surface area contributed by atoms with E-state index in [2.05, 4.69) is 5.32 Å². The van der Waals surface area contributed by atoms with Gasteiger partial charge in [0.25, 0.3) is 5.91 Å². The van der Waals surface area contributed by atoms with E-state index in [0.717, 1.165) is 11.1 Å². The Bertz CT molecular complexity index is 830. The second-order valence-corrected chi connectivity index (χ2v) is 7.32. The Kier molecular flexibility index (Phi) is 8.07. The van der Waals surface area contributed by atoms with Crippen molar-refractivity contribution in [1.29, 1.82) is 0 Å². The first-order valence-corrected chi connectivity index (χ1v) is 9.65. The van der Waals surface area contributed by atoms with Crippen molar-refractivity contribution in [3.05, 3.63) is 59.2 Å². The second kappa shape index (κ2) is 10.5. The fourth-order valence-corrected chi connectivity index (χ4v) is 2.49. The second-order valence-electron chi connectivity index (χ2n) is 7.32. The maximum Gasteiger partial charge on any atom is 0.339 e. The van der Waals surface area contributed by atoms with E-state index in [-0.39, 0.29) is 11.5 Å². The highest BCUT2D eigenvalue weighted by molar-refractivity contribution is 5.92. The number of ether oxygens (including phenoxy) is 3. The SMILES string of the molecule is COc1cc(C(=O)O[C@@H](C)C(=O)NCc2ccc(C)cc2)ccc1OCC(C)C. The molecule has 29 heavy (non-hydrogen) atoms. The summed E-state index contributed by atoms with van der Waals surface area (Å²) in [5, 5.41) is 2.77. The van der Waals surface area contributed by atoms with Crippen molar-refractivity contribution in [1.82, 2.24) is 5.32 Å². The number of benzene rings is 2. The van der Waals surface area contributed by atoms with Gasteiger partial charge in [0.2, 0.25) is 0 Å². The molecule has 0 aliphatic rings. The highest BCUT2D eigenvalue weighted by atomic mass is 16.5. The maximum absolute atomic E-state index is 12.4. The van der Waals surface area contributed by atoms with Crippen molar-refractivity contribution in [2.75, 3.05) is 13.7 Å². The van der Waals surface area contributed by atoms with E-state index in [9.17, 15) is 9.59 Å². The smallest absolute Gasteiger partial charge is 0.339 e. The number of methoxy groups -OCH3 is 1. The van der Waals surface area contributed by atoms with Crippen LogP contribution in [-0.4, -0.2) is 31.7 Å². The number of esters is 1. The molecule has 156 valence electrons. The molecule has 0 saturated heterocycles. The molecule has 0 bridgehead atoms. The summed E-state index contributed by atoms with van der Waals surface area (Å²) >= 11 is 0. The molecule has 0 aliphatic heterocycles. The van der Waals surface area contributed by atoms with Crippen LogP contribution < -0.4 is 14.8 Å². The summed E-state index contributed by atoms with van der Waals surface area (Å²) in [5.41, 5.74) is 2.42. The number of carbonyl (C=O) groups excluding carboxylic acids is 2. The van der Waals surface area contributed by atoms with Crippen molar-refractivity contribution in [3.63, 3.8) is 0 Å². The highest BCUT2D eigenvalue weighted by Crippen LogP contribution is 2.29. The molecule has 0 fully saturated rings. The van der Waals surface area contributed by atoms with Crippen LogP contribution in [0.1, 0.15) is 42.3 Å². The largest absolute Gasteiger partial charge is 0.493 e. The Labute approximate surface area is 172 Å². The van der Waals surface area contributed by atoms with Gasteiger partial charge in [-0.15, -0.1) is 0 Å². The zero-order valence-electron chi connectivity index (χ0n) is 17.7. The van der Waals surface area contributed by atoms with Gasteiger partial charge in [-0.25, -0.2) is 4.79 Å². The monoisotopic (exact) mass is 399 g/mol. The Morgan fingerprint density at radius 2 is 1.69 bits per heavy atom. The molecule has 0 aliphatic carbocycles. The van der Waals surface area contributed by atoms with Gasteiger partial charge in [-0.05, 0) is 43.5 Å². The number of carbonyl (C=O) groups is 2. The van der Waals surface area contributed by atoms with Gasteiger partial charge < -0.3 is 19.5 Å². The number of amides is 1. The van der Waals surface area contributed by atoms with Gasteiger partial charge in [-0.1, -0.05) is 43.7 Å². The molecular weight excluding hydrogens is 370 g/mol. The minimum atomic E-state index is -0.921. The van der Waals surface area contributed by atoms with Crippen LogP contribution in [-0.2, 0) is 16.1 Å². The van der Waals surface area contributed by atoms with Crippen LogP contribution in [0.4, 0.5) is 0 Å². The lowest BCUT2D eigenvalue weighted by molar-refractivity contribution is -0.129. The topological polar surface area (TPSA) is 73.9 Å². The molecule has 1 atom stereocenters. The van der Waals surface area contributed by atoms with Gasteiger partial charge in [0.1, 0.15) is 0 Å². The number of hydrogen-bond donors (Lipinski definition) is 1. The lowest BCUT2D eigenvalue weighted by atomic mass is 10.1. The summed E-state index contributed by atoms with van der Waals surface area (Å²) in [6.07, 6.45) is -0.921. The zero-order valence-corrected chi connectivity index (χ0v) is 17.7. The molecule has 0 heterocycles. The summed E-state index contributed by atoms with van der Waals surface area (Å²) in [6.45, 7) is 8.55. The molecule has 2 rings (SSSR count). The van der Waals surface area contributed by atoms with Crippen LogP contribution >= 0.6 is 0 Å². The third-order valence-electron chi connectivity index (χ3n) is 4.21. The van der Waals surface area contributed by atoms with Gasteiger partial charge in [-0.3, -0.25) is 4.79 Å². The molecule has 6 heteroatoms. The standard InChI is InChI=1S/C23H29NO5/c1-15(2)14-28-20-11-10-19(12-21(20)27-5)23(26)29-17(4)22(25)24-13-18-8-6-16(3)7-9-18/h6-12,15,17H,13-14H2,1-5H3,(H,24,25)/t17-/m0/s1. The molecule has 2 aromatic rings. The summed E-state index contributed by atoms with van der Waals surface area (Å²) in [6, 6.07) is 12.7. The van der Waals surface area contributed by atoms with Gasteiger partial charge in [0, 0.05) is 6.54 Å². The van der Waals surface area contributed by atoms with Crippen molar-refractivity contribution in [3.8, 4) is 11.5 Å². The van der Waals surface area contributed by atoms with Gasteiger partial charge in [-0.2, -0.15) is 0 Å². The molecule has 6 nitrogen and oxygen atoms in total. The third kappa shape index (κ3) is 6.82. The number of aryl methyl sites for hydroxylation is 1.